The van der Waals surface area contributed by atoms with Gasteiger partial charge in [-0.2, -0.15) is 31.8 Å². The number of ether oxygens (including phenoxy) is 1. The Hall–Kier alpha value is -4.20. The standard InChI is InChI=1S/C21H13ClF6N4O4/c22-16-6-5-14(9-15(16)20(23,24)25)36-32-19(34)30-11-1-3-12(4-2-11)35-13-7-8-29-17(10-13)18(33)31-21(26,27)28/h1-10H,(H,31,33)(H2,30,32,34). The lowest BCUT2D eigenvalue weighted by Crippen LogP contribution is -2.37. The molecule has 190 valence electrons. The van der Waals surface area contributed by atoms with E-state index < -0.39 is 40.7 Å². The Morgan fingerprint density at radius 3 is 2.17 bits per heavy atom. The normalized spacial score (nSPS) is 11.4. The Morgan fingerprint density at radius 2 is 1.53 bits per heavy atom. The van der Waals surface area contributed by atoms with Crippen LogP contribution in [0, 0.1) is 0 Å². The van der Waals surface area contributed by atoms with Crippen LogP contribution >= 0.6 is 11.6 Å². The number of halogens is 7. The van der Waals surface area contributed by atoms with Crippen molar-refractivity contribution in [3.8, 4) is 17.2 Å². The van der Waals surface area contributed by atoms with E-state index in [0.717, 1.165) is 29.7 Å². The summed E-state index contributed by atoms with van der Waals surface area (Å²) in [7, 11) is 0. The van der Waals surface area contributed by atoms with Crippen molar-refractivity contribution >= 4 is 29.2 Å². The Kier molecular flexibility index (Phi) is 7.77. The summed E-state index contributed by atoms with van der Waals surface area (Å²) in [6.07, 6.45) is -8.55. The van der Waals surface area contributed by atoms with Gasteiger partial charge in [0, 0.05) is 18.0 Å². The number of nitrogens with zero attached hydrogens (tertiary/aromatic N) is 1. The number of nitrogens with one attached hydrogen (secondary N) is 3. The maximum absolute atomic E-state index is 12.9. The lowest BCUT2D eigenvalue weighted by molar-refractivity contribution is -0.146. The highest BCUT2D eigenvalue weighted by atomic mass is 35.5. The number of hydrogen-bond donors (Lipinski definition) is 3. The maximum Gasteiger partial charge on any atom is 0.484 e. The summed E-state index contributed by atoms with van der Waals surface area (Å²) in [5, 5.41) is 2.64. The molecule has 0 saturated heterocycles. The minimum atomic E-state index is -4.92. The first-order chi connectivity index (χ1) is 16.8. The van der Waals surface area contributed by atoms with E-state index in [9.17, 15) is 35.9 Å². The topological polar surface area (TPSA) is 102 Å². The monoisotopic (exact) mass is 534 g/mol. The number of amides is 3. The van der Waals surface area contributed by atoms with Gasteiger partial charge >= 0.3 is 18.5 Å². The van der Waals surface area contributed by atoms with E-state index >= 15 is 0 Å². The molecule has 0 saturated carbocycles. The second kappa shape index (κ2) is 10.6. The third kappa shape index (κ3) is 7.66. The van der Waals surface area contributed by atoms with E-state index in [1.807, 2.05) is 5.48 Å². The van der Waals surface area contributed by atoms with Crippen LogP contribution in [0.4, 0.5) is 36.8 Å². The van der Waals surface area contributed by atoms with E-state index in [1.165, 1.54) is 30.3 Å². The molecule has 1 aromatic heterocycles. The lowest BCUT2D eigenvalue weighted by atomic mass is 10.2. The first-order valence-corrected chi connectivity index (χ1v) is 9.92. The summed E-state index contributed by atoms with van der Waals surface area (Å²) in [5.41, 5.74) is 0.486. The van der Waals surface area contributed by atoms with Gasteiger partial charge in [-0.1, -0.05) is 11.6 Å². The molecule has 0 spiro atoms. The predicted octanol–water partition coefficient (Wildman–Crippen LogP) is 5.91. The molecule has 0 radical (unpaired) electrons. The molecular weight excluding hydrogens is 522 g/mol. The Bertz CT molecular complexity index is 1250. The van der Waals surface area contributed by atoms with Crippen LogP contribution in [-0.4, -0.2) is 23.2 Å². The van der Waals surface area contributed by atoms with E-state index in [-0.39, 0.29) is 22.9 Å². The van der Waals surface area contributed by atoms with Crippen molar-refractivity contribution in [2.75, 3.05) is 5.32 Å². The summed E-state index contributed by atoms with van der Waals surface area (Å²) in [6.45, 7) is 0. The Balaban J connectivity index is 1.56. The lowest BCUT2D eigenvalue weighted by Gasteiger charge is -2.12. The number of alkyl halides is 6. The first-order valence-electron chi connectivity index (χ1n) is 9.54. The van der Waals surface area contributed by atoms with Gasteiger partial charge in [0.25, 0.3) is 5.91 Å². The van der Waals surface area contributed by atoms with E-state index in [1.54, 1.807) is 0 Å². The second-order valence-corrected chi connectivity index (χ2v) is 7.16. The van der Waals surface area contributed by atoms with Crippen LogP contribution < -0.4 is 25.7 Å². The average molecular weight is 535 g/mol. The van der Waals surface area contributed by atoms with Crippen LogP contribution in [0.3, 0.4) is 0 Å². The van der Waals surface area contributed by atoms with Gasteiger partial charge in [-0.15, -0.1) is 0 Å². The number of urea groups is 1. The van der Waals surface area contributed by atoms with Gasteiger partial charge in [-0.25, -0.2) is 4.79 Å². The highest BCUT2D eigenvalue weighted by molar-refractivity contribution is 6.31. The van der Waals surface area contributed by atoms with Gasteiger partial charge < -0.3 is 14.9 Å². The molecule has 0 atom stereocenters. The van der Waals surface area contributed by atoms with Crippen molar-refractivity contribution in [1.82, 2.24) is 15.8 Å². The molecule has 0 aliphatic carbocycles. The average Bonchev–Trinajstić information content (AvgIpc) is 2.78. The fraction of sp³-hybridized carbons (Fsp3) is 0.0952. The smallest absolute Gasteiger partial charge is 0.457 e. The van der Waals surface area contributed by atoms with Crippen LogP contribution in [0.2, 0.25) is 5.02 Å². The molecule has 3 aromatic rings. The number of carbonyl (C=O) groups excluding carboxylic acids is 2. The van der Waals surface area contributed by atoms with Gasteiger partial charge in [-0.3, -0.25) is 15.1 Å². The molecule has 0 bridgehead atoms. The van der Waals surface area contributed by atoms with Crippen molar-refractivity contribution in [3.05, 3.63) is 77.1 Å². The molecule has 8 nitrogen and oxygen atoms in total. The molecule has 36 heavy (non-hydrogen) atoms. The van der Waals surface area contributed by atoms with Crippen molar-refractivity contribution in [2.24, 2.45) is 0 Å². The quantitative estimate of drug-likeness (QED) is 0.207. The minimum Gasteiger partial charge on any atom is -0.457 e. The fourth-order valence-corrected chi connectivity index (χ4v) is 2.81. The van der Waals surface area contributed by atoms with Crippen LogP contribution in [-0.2, 0) is 6.18 Å². The van der Waals surface area contributed by atoms with Gasteiger partial charge in [-0.05, 0) is 48.5 Å². The van der Waals surface area contributed by atoms with Gasteiger partial charge in [0.1, 0.15) is 17.2 Å². The number of hydrogen-bond acceptors (Lipinski definition) is 5. The largest absolute Gasteiger partial charge is 0.484 e. The minimum absolute atomic E-state index is 0.0189. The number of hydroxylamine groups is 1. The summed E-state index contributed by atoms with van der Waals surface area (Å²) < 4.78 is 81.0. The fourth-order valence-electron chi connectivity index (χ4n) is 2.58. The molecule has 1 heterocycles. The molecule has 0 aliphatic heterocycles. The van der Waals surface area contributed by atoms with Crippen molar-refractivity contribution < 1.29 is 45.5 Å². The van der Waals surface area contributed by atoms with Crippen LogP contribution in [0.15, 0.2) is 60.8 Å². The summed E-state index contributed by atoms with van der Waals surface area (Å²) in [5.74, 6) is -1.56. The summed E-state index contributed by atoms with van der Waals surface area (Å²) in [4.78, 5) is 31.9. The van der Waals surface area contributed by atoms with Crippen molar-refractivity contribution in [3.63, 3.8) is 0 Å². The zero-order valence-corrected chi connectivity index (χ0v) is 18.3. The highest BCUT2D eigenvalue weighted by Crippen LogP contribution is 2.36. The van der Waals surface area contributed by atoms with E-state index in [2.05, 4.69) is 10.3 Å². The second-order valence-electron chi connectivity index (χ2n) is 6.75. The number of carbonyl (C=O) groups is 2. The third-order valence-corrected chi connectivity index (χ3v) is 4.40. The molecule has 0 aliphatic rings. The Morgan fingerprint density at radius 1 is 0.861 bits per heavy atom. The van der Waals surface area contributed by atoms with Crippen molar-refractivity contribution in [2.45, 2.75) is 12.5 Å². The highest BCUT2D eigenvalue weighted by Gasteiger charge is 2.34. The molecule has 3 N–H and O–H groups in total. The van der Waals surface area contributed by atoms with Gasteiger partial charge in [0.15, 0.2) is 5.75 Å². The number of anilines is 1. The number of pyridine rings is 1. The van der Waals surface area contributed by atoms with Gasteiger partial charge in [0.05, 0.1) is 10.6 Å². The molecule has 3 amide bonds. The molecule has 0 fully saturated rings. The van der Waals surface area contributed by atoms with Crippen LogP contribution in [0.1, 0.15) is 16.1 Å². The number of rotatable bonds is 6. The van der Waals surface area contributed by atoms with E-state index in [0.29, 0.717) is 6.07 Å². The van der Waals surface area contributed by atoms with Crippen molar-refractivity contribution in [1.29, 1.82) is 0 Å². The summed E-state index contributed by atoms with van der Waals surface area (Å²) >= 11 is 5.51. The van der Waals surface area contributed by atoms with Gasteiger partial charge in [0.2, 0.25) is 0 Å². The molecule has 0 unspecified atom stereocenters. The predicted molar refractivity (Wildman–Crippen MR) is 114 cm³/mol. The molecule has 2 aromatic carbocycles. The number of benzene rings is 2. The summed E-state index contributed by atoms with van der Waals surface area (Å²) in [6, 6.07) is 9.65. The third-order valence-electron chi connectivity index (χ3n) is 4.07. The first kappa shape index (κ1) is 26.4. The molecule has 3 rings (SSSR count). The zero-order valence-electron chi connectivity index (χ0n) is 17.5. The maximum atomic E-state index is 12.9. The zero-order chi connectivity index (χ0) is 26.5. The molecular formula is C21H13ClF6N4O4. The number of aromatic nitrogens is 1. The SMILES string of the molecule is O=C(NOc1ccc(Cl)c(C(F)(F)F)c1)Nc1ccc(Oc2ccnc(C(=O)NC(F)(F)F)c2)cc1. The van der Waals surface area contributed by atoms with E-state index in [4.69, 9.17) is 21.2 Å². The van der Waals surface area contributed by atoms with Crippen LogP contribution in [0.5, 0.6) is 17.2 Å². The Labute approximate surface area is 203 Å². The molecule has 15 heteroatoms. The van der Waals surface area contributed by atoms with Crippen LogP contribution in [0.25, 0.3) is 0 Å².